The number of nitrogens with zero attached hydrogens (tertiary/aromatic N) is 1. The van der Waals surface area contributed by atoms with E-state index in [-0.39, 0.29) is 12.5 Å². The number of aliphatic hydroxyl groups is 1. The molecule has 6 nitrogen and oxygen atoms in total. The van der Waals surface area contributed by atoms with Gasteiger partial charge >= 0.3 is 0 Å². The summed E-state index contributed by atoms with van der Waals surface area (Å²) in [5.41, 5.74) is 3.33. The van der Waals surface area contributed by atoms with Gasteiger partial charge in [-0.2, -0.15) is 0 Å². The summed E-state index contributed by atoms with van der Waals surface area (Å²) >= 11 is 0. The number of morpholine rings is 1. The Kier molecular flexibility index (Phi) is 6.32. The molecule has 1 aliphatic heterocycles. The van der Waals surface area contributed by atoms with Crippen molar-refractivity contribution in [2.45, 2.75) is 13.0 Å². The van der Waals surface area contributed by atoms with Crippen LogP contribution in [0.2, 0.25) is 0 Å². The summed E-state index contributed by atoms with van der Waals surface area (Å²) < 4.78 is 10.6. The molecule has 1 unspecified atom stereocenters. The Hall–Kier alpha value is -2.57. The van der Waals surface area contributed by atoms with E-state index in [4.69, 9.17) is 9.47 Å². The second-order valence-electron chi connectivity index (χ2n) is 6.60. The van der Waals surface area contributed by atoms with E-state index >= 15 is 0 Å². The molecule has 0 radical (unpaired) electrons. The average Bonchev–Trinajstić information content (AvgIpc) is 2.72. The summed E-state index contributed by atoms with van der Waals surface area (Å²) in [6, 6.07) is 13.1. The fraction of sp³-hybridized carbons (Fsp3) is 0.381. The Morgan fingerprint density at radius 1 is 1.22 bits per heavy atom. The molecule has 1 amide bonds. The summed E-state index contributed by atoms with van der Waals surface area (Å²) in [5.74, 6) is 0.525. The summed E-state index contributed by atoms with van der Waals surface area (Å²) in [4.78, 5) is 14.6. The van der Waals surface area contributed by atoms with Gasteiger partial charge in [0.1, 0.15) is 5.75 Å². The van der Waals surface area contributed by atoms with Crippen molar-refractivity contribution in [2.75, 3.05) is 44.9 Å². The standard InChI is InChI=1S/C21H26N2O4/c1-15-13-17(5-8-20(15)26-2)21(25)22-14-19(24)16-3-6-18(7-4-16)23-9-11-27-12-10-23/h3-8,13,19,24H,9-12,14H2,1-2H3,(H,22,25). The Morgan fingerprint density at radius 2 is 1.93 bits per heavy atom. The molecular formula is C21H26N2O4. The maximum Gasteiger partial charge on any atom is 0.251 e. The molecule has 6 heteroatoms. The van der Waals surface area contributed by atoms with Crippen molar-refractivity contribution in [2.24, 2.45) is 0 Å². The van der Waals surface area contributed by atoms with Crippen LogP contribution in [0.1, 0.15) is 27.6 Å². The van der Waals surface area contributed by atoms with E-state index in [9.17, 15) is 9.90 Å². The largest absolute Gasteiger partial charge is 0.496 e. The lowest BCUT2D eigenvalue weighted by molar-refractivity contribution is 0.0916. The van der Waals surface area contributed by atoms with E-state index in [0.717, 1.165) is 48.9 Å². The van der Waals surface area contributed by atoms with E-state index in [1.807, 2.05) is 31.2 Å². The maximum atomic E-state index is 12.3. The van der Waals surface area contributed by atoms with Crippen LogP contribution in [-0.4, -0.2) is 51.0 Å². The smallest absolute Gasteiger partial charge is 0.251 e. The molecule has 0 saturated carbocycles. The van der Waals surface area contributed by atoms with Crippen molar-refractivity contribution >= 4 is 11.6 Å². The topological polar surface area (TPSA) is 71.0 Å². The molecule has 3 rings (SSSR count). The van der Waals surface area contributed by atoms with Gasteiger partial charge in [0.15, 0.2) is 0 Å². The van der Waals surface area contributed by atoms with Crippen molar-refractivity contribution in [3.05, 3.63) is 59.2 Å². The molecule has 0 aliphatic carbocycles. The highest BCUT2D eigenvalue weighted by molar-refractivity contribution is 5.94. The molecule has 0 aromatic heterocycles. The number of aryl methyl sites for hydroxylation is 1. The van der Waals surface area contributed by atoms with E-state index in [2.05, 4.69) is 10.2 Å². The molecule has 0 spiro atoms. The highest BCUT2D eigenvalue weighted by atomic mass is 16.5. The van der Waals surface area contributed by atoms with Crippen LogP contribution in [-0.2, 0) is 4.74 Å². The molecule has 144 valence electrons. The van der Waals surface area contributed by atoms with Gasteiger partial charge in [-0.25, -0.2) is 0 Å². The lowest BCUT2D eigenvalue weighted by Gasteiger charge is -2.29. The van der Waals surface area contributed by atoms with Gasteiger partial charge in [0, 0.05) is 30.9 Å². The predicted octanol–water partition coefficient (Wildman–Crippen LogP) is 2.30. The van der Waals surface area contributed by atoms with Gasteiger partial charge in [-0.05, 0) is 48.4 Å². The first-order valence-electron chi connectivity index (χ1n) is 9.12. The van der Waals surface area contributed by atoms with Crippen LogP contribution in [0.15, 0.2) is 42.5 Å². The molecule has 2 N–H and O–H groups in total. The first kappa shape index (κ1) is 19.2. The summed E-state index contributed by atoms with van der Waals surface area (Å²) in [5, 5.41) is 13.2. The van der Waals surface area contributed by atoms with Gasteiger partial charge in [-0.3, -0.25) is 4.79 Å². The fourth-order valence-corrected chi connectivity index (χ4v) is 3.16. The molecule has 1 heterocycles. The molecule has 0 bridgehead atoms. The summed E-state index contributed by atoms with van der Waals surface area (Å²) in [6.45, 7) is 5.27. The van der Waals surface area contributed by atoms with Gasteiger partial charge in [0.25, 0.3) is 5.91 Å². The van der Waals surface area contributed by atoms with Crippen LogP contribution in [0.4, 0.5) is 5.69 Å². The Balaban J connectivity index is 1.56. The van der Waals surface area contributed by atoms with E-state index < -0.39 is 6.10 Å². The first-order chi connectivity index (χ1) is 13.1. The van der Waals surface area contributed by atoms with Gasteiger partial charge in [-0.1, -0.05) is 12.1 Å². The number of hydrogen-bond donors (Lipinski definition) is 2. The monoisotopic (exact) mass is 370 g/mol. The van der Waals surface area contributed by atoms with E-state index in [1.54, 1.807) is 25.3 Å². The summed E-state index contributed by atoms with van der Waals surface area (Å²) in [6.07, 6.45) is -0.757. The number of carbonyl (C=O) groups is 1. The third-order valence-corrected chi connectivity index (χ3v) is 4.77. The van der Waals surface area contributed by atoms with Crippen LogP contribution in [0, 0.1) is 6.92 Å². The highest BCUT2D eigenvalue weighted by Crippen LogP contribution is 2.21. The third-order valence-electron chi connectivity index (χ3n) is 4.77. The molecule has 1 atom stereocenters. The Bertz CT molecular complexity index is 770. The van der Waals surface area contributed by atoms with E-state index in [1.165, 1.54) is 0 Å². The van der Waals surface area contributed by atoms with Crippen molar-refractivity contribution in [3.8, 4) is 5.75 Å². The normalized spacial score (nSPS) is 15.3. The van der Waals surface area contributed by atoms with Crippen LogP contribution in [0.25, 0.3) is 0 Å². The number of hydrogen-bond acceptors (Lipinski definition) is 5. The first-order valence-corrected chi connectivity index (χ1v) is 9.12. The minimum Gasteiger partial charge on any atom is -0.496 e. The van der Waals surface area contributed by atoms with Crippen LogP contribution in [0.5, 0.6) is 5.75 Å². The second-order valence-corrected chi connectivity index (χ2v) is 6.60. The molecule has 1 aliphatic rings. The summed E-state index contributed by atoms with van der Waals surface area (Å²) in [7, 11) is 1.60. The van der Waals surface area contributed by atoms with Crippen molar-refractivity contribution in [1.29, 1.82) is 0 Å². The van der Waals surface area contributed by atoms with E-state index in [0.29, 0.717) is 5.56 Å². The number of nitrogens with one attached hydrogen (secondary N) is 1. The van der Waals surface area contributed by atoms with Crippen LogP contribution < -0.4 is 15.0 Å². The van der Waals surface area contributed by atoms with Crippen molar-refractivity contribution in [1.82, 2.24) is 5.32 Å². The quantitative estimate of drug-likeness (QED) is 0.817. The Labute approximate surface area is 159 Å². The van der Waals surface area contributed by atoms with Crippen LogP contribution in [0.3, 0.4) is 0 Å². The number of methoxy groups -OCH3 is 1. The fourth-order valence-electron chi connectivity index (χ4n) is 3.16. The van der Waals surface area contributed by atoms with Gasteiger partial charge in [-0.15, -0.1) is 0 Å². The van der Waals surface area contributed by atoms with Gasteiger partial charge in [0.2, 0.25) is 0 Å². The third kappa shape index (κ3) is 4.78. The van der Waals surface area contributed by atoms with Crippen molar-refractivity contribution in [3.63, 3.8) is 0 Å². The Morgan fingerprint density at radius 3 is 2.56 bits per heavy atom. The zero-order chi connectivity index (χ0) is 19.2. The zero-order valence-corrected chi connectivity index (χ0v) is 15.8. The zero-order valence-electron chi connectivity index (χ0n) is 15.8. The predicted molar refractivity (Wildman–Crippen MR) is 104 cm³/mol. The minimum absolute atomic E-state index is 0.154. The van der Waals surface area contributed by atoms with Crippen LogP contribution >= 0.6 is 0 Å². The van der Waals surface area contributed by atoms with Gasteiger partial charge in [0.05, 0.1) is 26.4 Å². The molecule has 27 heavy (non-hydrogen) atoms. The number of ether oxygens (including phenoxy) is 2. The molecule has 1 saturated heterocycles. The number of amides is 1. The number of carbonyl (C=O) groups excluding carboxylic acids is 1. The number of rotatable bonds is 6. The minimum atomic E-state index is -0.757. The molecule has 1 fully saturated rings. The van der Waals surface area contributed by atoms with Crippen molar-refractivity contribution < 1.29 is 19.4 Å². The van der Waals surface area contributed by atoms with Gasteiger partial charge < -0.3 is 24.8 Å². The SMILES string of the molecule is COc1ccc(C(=O)NCC(O)c2ccc(N3CCOCC3)cc2)cc1C. The maximum absolute atomic E-state index is 12.3. The highest BCUT2D eigenvalue weighted by Gasteiger charge is 2.14. The second kappa shape index (κ2) is 8.88. The lowest BCUT2D eigenvalue weighted by atomic mass is 10.1. The lowest BCUT2D eigenvalue weighted by Crippen LogP contribution is -2.36. The number of aliphatic hydroxyl groups excluding tert-OH is 1. The number of benzene rings is 2. The average molecular weight is 370 g/mol. The molecule has 2 aromatic carbocycles. The molecule has 2 aromatic rings. The molecular weight excluding hydrogens is 344 g/mol. The number of anilines is 1.